The number of phenols is 1. The van der Waals surface area contributed by atoms with Gasteiger partial charge in [0.1, 0.15) is 17.3 Å². The number of hydrogen-bond donors (Lipinski definition) is 2. The van der Waals surface area contributed by atoms with Gasteiger partial charge in [0.15, 0.2) is 0 Å². The molecule has 7 nitrogen and oxygen atoms in total. The number of morpholine rings is 1. The van der Waals surface area contributed by atoms with E-state index >= 15 is 0 Å². The molecule has 168 valence electrons. The highest BCUT2D eigenvalue weighted by Crippen LogP contribution is 2.41. The Hall–Kier alpha value is -2.94. The number of amides is 1. The van der Waals surface area contributed by atoms with E-state index in [9.17, 15) is 24.2 Å². The molecule has 2 aliphatic rings. The number of phenolic OH excluding ortho intramolecular Hbond substituents is 1. The Morgan fingerprint density at radius 3 is 2.56 bits per heavy atom. The Bertz CT molecular complexity index is 1080. The van der Waals surface area contributed by atoms with Gasteiger partial charge in [-0.25, -0.2) is 4.39 Å². The third-order valence-electron chi connectivity index (χ3n) is 5.71. The van der Waals surface area contributed by atoms with Crippen LogP contribution in [-0.2, 0) is 14.3 Å². The molecular weight excluding hydrogens is 439 g/mol. The minimum Gasteiger partial charge on any atom is -0.507 e. The highest BCUT2D eigenvalue weighted by atomic mass is 35.5. The van der Waals surface area contributed by atoms with Gasteiger partial charge in [0, 0.05) is 36.8 Å². The van der Waals surface area contributed by atoms with E-state index in [2.05, 4.69) is 4.90 Å². The first-order valence-corrected chi connectivity index (χ1v) is 10.6. The zero-order valence-corrected chi connectivity index (χ0v) is 17.9. The molecule has 2 N–H and O–H groups in total. The number of ether oxygens (including phenoxy) is 1. The maximum absolute atomic E-state index is 14.8. The molecule has 9 heteroatoms. The third kappa shape index (κ3) is 4.21. The average Bonchev–Trinajstić information content (AvgIpc) is 3.04. The maximum atomic E-state index is 14.8. The van der Waals surface area contributed by atoms with Crippen molar-refractivity contribution in [2.24, 2.45) is 0 Å². The van der Waals surface area contributed by atoms with E-state index < -0.39 is 29.3 Å². The second-order valence-electron chi connectivity index (χ2n) is 7.63. The topological polar surface area (TPSA) is 90.3 Å². The highest BCUT2D eigenvalue weighted by molar-refractivity contribution is 6.46. The van der Waals surface area contributed by atoms with Crippen LogP contribution in [0, 0.1) is 5.82 Å². The van der Waals surface area contributed by atoms with Crippen LogP contribution in [0.4, 0.5) is 4.39 Å². The fraction of sp³-hybridized carbons (Fsp3) is 0.304. The number of aliphatic hydroxyl groups is 1. The van der Waals surface area contributed by atoms with Gasteiger partial charge in [-0.3, -0.25) is 14.5 Å². The largest absolute Gasteiger partial charge is 0.507 e. The molecule has 0 aromatic heterocycles. The standard InChI is InChI=1S/C23H22ClFN2O5/c24-14-5-6-18(28)16(13-14)21(29)19-20(15-3-1-2-4-17(15)25)27(23(31)22(19)30)8-7-26-9-11-32-12-10-26/h1-6,13,20,28-29H,7-12H2/t20-/m0/s1. The van der Waals surface area contributed by atoms with Crippen molar-refractivity contribution < 1.29 is 28.9 Å². The second-order valence-corrected chi connectivity index (χ2v) is 8.07. The van der Waals surface area contributed by atoms with Crippen molar-refractivity contribution in [3.05, 3.63) is 70.0 Å². The highest BCUT2D eigenvalue weighted by Gasteiger charge is 2.47. The molecule has 0 radical (unpaired) electrons. The molecule has 1 amide bonds. The molecule has 2 heterocycles. The molecule has 1 atom stereocenters. The molecule has 0 bridgehead atoms. The van der Waals surface area contributed by atoms with Crippen LogP contribution < -0.4 is 0 Å². The summed E-state index contributed by atoms with van der Waals surface area (Å²) < 4.78 is 20.1. The number of hydrogen-bond acceptors (Lipinski definition) is 6. The predicted octanol–water partition coefficient (Wildman–Crippen LogP) is 2.94. The summed E-state index contributed by atoms with van der Waals surface area (Å²) in [6.07, 6.45) is 0. The molecule has 2 fully saturated rings. The summed E-state index contributed by atoms with van der Waals surface area (Å²) >= 11 is 5.99. The first kappa shape index (κ1) is 22.3. The van der Waals surface area contributed by atoms with Crippen molar-refractivity contribution in [1.29, 1.82) is 0 Å². The summed E-state index contributed by atoms with van der Waals surface area (Å²) in [4.78, 5) is 29.3. The predicted molar refractivity (Wildman–Crippen MR) is 116 cm³/mol. The molecule has 0 saturated carbocycles. The Kier molecular flexibility index (Phi) is 6.45. The summed E-state index contributed by atoms with van der Waals surface area (Å²) in [5.74, 6) is -3.33. The van der Waals surface area contributed by atoms with Crippen molar-refractivity contribution in [2.45, 2.75) is 6.04 Å². The van der Waals surface area contributed by atoms with Crippen LogP contribution in [0.2, 0.25) is 5.02 Å². The van der Waals surface area contributed by atoms with Crippen LogP contribution in [0.5, 0.6) is 5.75 Å². The van der Waals surface area contributed by atoms with Crippen molar-refractivity contribution >= 4 is 29.1 Å². The number of benzene rings is 2. The van der Waals surface area contributed by atoms with E-state index in [1.807, 2.05) is 0 Å². The lowest BCUT2D eigenvalue weighted by Crippen LogP contribution is -2.42. The van der Waals surface area contributed by atoms with Crippen molar-refractivity contribution in [3.8, 4) is 5.75 Å². The number of rotatable bonds is 5. The van der Waals surface area contributed by atoms with Crippen LogP contribution in [0.1, 0.15) is 17.2 Å². The molecule has 2 saturated heterocycles. The molecule has 2 aromatic rings. The van der Waals surface area contributed by atoms with Gasteiger partial charge in [-0.1, -0.05) is 29.8 Å². The van der Waals surface area contributed by atoms with Gasteiger partial charge >= 0.3 is 0 Å². The first-order valence-electron chi connectivity index (χ1n) is 10.2. The van der Waals surface area contributed by atoms with Gasteiger partial charge in [-0.15, -0.1) is 0 Å². The molecule has 0 unspecified atom stereocenters. The maximum Gasteiger partial charge on any atom is 0.295 e. The number of halogens is 2. The zero-order valence-electron chi connectivity index (χ0n) is 17.1. The van der Waals surface area contributed by atoms with E-state index in [-0.39, 0.29) is 34.0 Å². The van der Waals surface area contributed by atoms with Gasteiger partial charge < -0.3 is 19.8 Å². The van der Waals surface area contributed by atoms with E-state index in [4.69, 9.17) is 16.3 Å². The number of aliphatic hydroxyl groups excluding tert-OH is 1. The molecule has 4 rings (SSSR count). The average molecular weight is 461 g/mol. The monoisotopic (exact) mass is 460 g/mol. The summed E-state index contributed by atoms with van der Waals surface area (Å²) in [6.45, 7) is 3.13. The fourth-order valence-corrected chi connectivity index (χ4v) is 4.22. The molecule has 0 aliphatic carbocycles. The molecular formula is C23H22ClFN2O5. The zero-order chi connectivity index (χ0) is 22.8. The van der Waals surface area contributed by atoms with Crippen LogP contribution >= 0.6 is 11.6 Å². The molecule has 0 spiro atoms. The number of Topliss-reactive ketones (excluding diaryl/α,β-unsaturated/α-hetero) is 1. The van der Waals surface area contributed by atoms with Crippen molar-refractivity contribution in [3.63, 3.8) is 0 Å². The fourth-order valence-electron chi connectivity index (χ4n) is 4.05. The second kappa shape index (κ2) is 9.28. The minimum absolute atomic E-state index is 0.0803. The van der Waals surface area contributed by atoms with Gasteiger partial charge in [0.05, 0.1) is 30.4 Å². The van der Waals surface area contributed by atoms with E-state index in [1.165, 1.54) is 41.3 Å². The lowest BCUT2D eigenvalue weighted by atomic mass is 9.94. The van der Waals surface area contributed by atoms with E-state index in [0.717, 1.165) is 0 Å². The summed E-state index contributed by atoms with van der Waals surface area (Å²) in [6, 6.07) is 8.63. The Morgan fingerprint density at radius 1 is 1.12 bits per heavy atom. The van der Waals surface area contributed by atoms with Crippen LogP contribution in [0.3, 0.4) is 0 Å². The quantitative estimate of drug-likeness (QED) is 0.405. The third-order valence-corrected chi connectivity index (χ3v) is 5.95. The SMILES string of the molecule is O=C1C(=O)N(CCN2CCOCC2)[C@@H](c2ccccc2F)C1=C(O)c1cc(Cl)ccc1O. The summed E-state index contributed by atoms with van der Waals surface area (Å²) in [5, 5.41) is 21.4. The summed E-state index contributed by atoms with van der Waals surface area (Å²) in [5.41, 5.74) is -0.318. The van der Waals surface area contributed by atoms with Gasteiger partial charge in [-0.05, 0) is 24.3 Å². The number of aromatic hydroxyl groups is 1. The number of likely N-dealkylation sites (tertiary alicyclic amines) is 1. The lowest BCUT2D eigenvalue weighted by Gasteiger charge is -2.31. The number of ketones is 1. The molecule has 32 heavy (non-hydrogen) atoms. The van der Waals surface area contributed by atoms with Gasteiger partial charge in [0.25, 0.3) is 11.7 Å². The smallest absolute Gasteiger partial charge is 0.295 e. The minimum atomic E-state index is -1.14. The number of carbonyl (C=O) groups is 2. The van der Waals surface area contributed by atoms with Gasteiger partial charge in [0.2, 0.25) is 0 Å². The van der Waals surface area contributed by atoms with Crippen LogP contribution in [0.15, 0.2) is 48.0 Å². The number of carbonyl (C=O) groups excluding carboxylic acids is 2. The van der Waals surface area contributed by atoms with Gasteiger partial charge in [-0.2, -0.15) is 0 Å². The normalized spacial score (nSPS) is 21.3. The molecule has 2 aliphatic heterocycles. The van der Waals surface area contributed by atoms with Crippen molar-refractivity contribution in [2.75, 3.05) is 39.4 Å². The Labute approximate surface area is 189 Å². The van der Waals surface area contributed by atoms with E-state index in [1.54, 1.807) is 6.07 Å². The first-order chi connectivity index (χ1) is 15.4. The van der Waals surface area contributed by atoms with E-state index in [0.29, 0.717) is 32.8 Å². The lowest BCUT2D eigenvalue weighted by molar-refractivity contribution is -0.140. The molecule has 2 aromatic carbocycles. The van der Waals surface area contributed by atoms with Crippen LogP contribution in [-0.4, -0.2) is 71.1 Å². The number of nitrogens with zero attached hydrogens (tertiary/aromatic N) is 2. The Morgan fingerprint density at radius 2 is 1.84 bits per heavy atom. The summed E-state index contributed by atoms with van der Waals surface area (Å²) in [7, 11) is 0. The van der Waals surface area contributed by atoms with Crippen LogP contribution in [0.25, 0.3) is 5.76 Å². The van der Waals surface area contributed by atoms with Crippen molar-refractivity contribution in [1.82, 2.24) is 9.80 Å². The Balaban J connectivity index is 1.79.